The summed E-state index contributed by atoms with van der Waals surface area (Å²) in [5, 5.41) is 0. The van der Waals surface area contributed by atoms with Crippen LogP contribution in [-0.4, -0.2) is 19.8 Å². The van der Waals surface area contributed by atoms with E-state index in [1.54, 1.807) is 0 Å². The van der Waals surface area contributed by atoms with Crippen LogP contribution in [0.5, 0.6) is 0 Å². The first-order chi connectivity index (χ1) is 18.2. The molecule has 0 aliphatic carbocycles. The second-order valence-electron chi connectivity index (χ2n) is 11.0. The zero-order chi connectivity index (χ0) is 25.8. The Morgan fingerprint density at radius 3 is 2.43 bits per heavy atom. The average molecular weight is 491 g/mol. The van der Waals surface area contributed by atoms with Crippen LogP contribution < -0.4 is 20.7 Å². The number of nitrogens with zero attached hydrogens (tertiary/aromatic N) is 2. The zero-order valence-corrected chi connectivity index (χ0v) is 23.3. The molecule has 0 spiro atoms. The van der Waals surface area contributed by atoms with Crippen molar-refractivity contribution in [2.45, 2.75) is 91.4 Å². The summed E-state index contributed by atoms with van der Waals surface area (Å²) in [6.07, 6.45) is 22.3. The second-order valence-corrected chi connectivity index (χ2v) is 11.0. The van der Waals surface area contributed by atoms with Crippen molar-refractivity contribution in [1.29, 1.82) is 0 Å². The highest BCUT2D eigenvalue weighted by molar-refractivity contribution is 6.94. The summed E-state index contributed by atoms with van der Waals surface area (Å²) in [4.78, 5) is 5.14. The molecule has 0 radical (unpaired) electrons. The van der Waals surface area contributed by atoms with E-state index >= 15 is 0 Å². The summed E-state index contributed by atoms with van der Waals surface area (Å²) < 4.78 is 0. The smallest absolute Gasteiger partial charge is 0.252 e. The molecule has 0 aromatic heterocycles. The Kier molecular flexibility index (Phi) is 8.14. The van der Waals surface area contributed by atoms with Gasteiger partial charge in [0.05, 0.1) is 5.70 Å². The van der Waals surface area contributed by atoms with E-state index in [0.29, 0.717) is 0 Å². The maximum absolute atomic E-state index is 6.44. The van der Waals surface area contributed by atoms with Crippen LogP contribution in [0.25, 0.3) is 0 Å². The van der Waals surface area contributed by atoms with Gasteiger partial charge in [-0.05, 0) is 73.0 Å². The minimum atomic E-state index is 0.195. The quantitative estimate of drug-likeness (QED) is 0.247. The van der Waals surface area contributed by atoms with Gasteiger partial charge in [-0.1, -0.05) is 94.3 Å². The first-order valence-corrected chi connectivity index (χ1v) is 14.9. The SMILES string of the molecule is C#CC1=C2B(c3cccc4c3N1CCCCCCC4)c1cccc(CCCCC)c1N(CCC)/C2=C/C. The number of rotatable bonds is 6. The van der Waals surface area contributed by atoms with E-state index in [-0.39, 0.29) is 6.71 Å². The Labute approximate surface area is 225 Å². The molecule has 3 heterocycles. The summed E-state index contributed by atoms with van der Waals surface area (Å²) in [7, 11) is 0. The summed E-state index contributed by atoms with van der Waals surface area (Å²) in [6.45, 7) is 9.01. The number of hydrogen-bond acceptors (Lipinski definition) is 2. The molecule has 37 heavy (non-hydrogen) atoms. The van der Waals surface area contributed by atoms with Crippen molar-refractivity contribution in [1.82, 2.24) is 0 Å². The molecule has 0 unspecified atom stereocenters. The third kappa shape index (κ3) is 4.65. The molecule has 0 atom stereocenters. The van der Waals surface area contributed by atoms with Crippen LogP contribution >= 0.6 is 0 Å². The van der Waals surface area contributed by atoms with Crippen molar-refractivity contribution in [3.63, 3.8) is 0 Å². The summed E-state index contributed by atoms with van der Waals surface area (Å²) in [5.41, 5.74) is 12.5. The molecular formula is C34H43BN2. The normalized spacial score (nSPS) is 18.3. The lowest BCUT2D eigenvalue weighted by Gasteiger charge is -2.46. The lowest BCUT2D eigenvalue weighted by molar-refractivity contribution is 0.604. The minimum Gasteiger partial charge on any atom is -0.342 e. The number of allylic oxidation sites excluding steroid dienone is 3. The molecule has 3 heteroatoms. The predicted molar refractivity (Wildman–Crippen MR) is 163 cm³/mol. The Morgan fingerprint density at radius 1 is 0.919 bits per heavy atom. The second kappa shape index (κ2) is 11.7. The fraction of sp³-hybridized carbons (Fsp3) is 0.471. The van der Waals surface area contributed by atoms with Gasteiger partial charge in [0.2, 0.25) is 0 Å². The molecule has 5 rings (SSSR count). The molecule has 0 fully saturated rings. The highest BCUT2D eigenvalue weighted by Crippen LogP contribution is 2.41. The van der Waals surface area contributed by atoms with Gasteiger partial charge in [0.25, 0.3) is 6.71 Å². The summed E-state index contributed by atoms with van der Waals surface area (Å²) >= 11 is 0. The van der Waals surface area contributed by atoms with Crippen molar-refractivity contribution in [3.8, 4) is 12.3 Å². The van der Waals surface area contributed by atoms with Gasteiger partial charge in [-0.25, -0.2) is 0 Å². The zero-order valence-electron chi connectivity index (χ0n) is 23.3. The van der Waals surface area contributed by atoms with Crippen LogP contribution in [0.4, 0.5) is 11.4 Å². The molecule has 0 saturated carbocycles. The number of anilines is 2. The standard InChI is InChI=1S/C34H43BN2/c1-5-9-13-18-26-20-16-22-28-33(26)36(24-6-2)30(7-3)32-31(8-4)37-25-15-12-10-11-14-19-27-21-17-23-29(34(27)37)35(28)32/h4,7,16-17,20-23H,5-6,9-15,18-19,24-25H2,1-3H3/b30-7+. The van der Waals surface area contributed by atoms with Gasteiger partial charge < -0.3 is 9.80 Å². The third-order valence-electron chi connectivity index (χ3n) is 8.58. The van der Waals surface area contributed by atoms with Gasteiger partial charge in [-0.2, -0.15) is 0 Å². The number of aryl methyl sites for hydroxylation is 2. The Morgan fingerprint density at radius 2 is 1.68 bits per heavy atom. The van der Waals surface area contributed by atoms with E-state index in [1.807, 2.05) is 0 Å². The highest BCUT2D eigenvalue weighted by atomic mass is 15.2. The van der Waals surface area contributed by atoms with Crippen LogP contribution in [0.1, 0.15) is 89.7 Å². The van der Waals surface area contributed by atoms with Gasteiger partial charge in [0, 0.05) is 30.2 Å². The fourth-order valence-corrected chi connectivity index (χ4v) is 6.99. The molecule has 2 aromatic carbocycles. The third-order valence-corrected chi connectivity index (χ3v) is 8.58. The van der Waals surface area contributed by atoms with Crippen LogP contribution in [0.15, 0.2) is 59.3 Å². The number of unbranched alkanes of at least 4 members (excludes halogenated alkanes) is 2. The number of para-hydroxylation sites is 2. The molecule has 0 saturated heterocycles. The maximum Gasteiger partial charge on any atom is 0.252 e. The monoisotopic (exact) mass is 490 g/mol. The Bertz CT molecular complexity index is 1230. The van der Waals surface area contributed by atoms with Gasteiger partial charge >= 0.3 is 0 Å². The predicted octanol–water partition coefficient (Wildman–Crippen LogP) is 6.92. The molecule has 0 N–H and O–H groups in total. The van der Waals surface area contributed by atoms with Crippen LogP contribution in [0.2, 0.25) is 0 Å². The average Bonchev–Trinajstić information content (AvgIpc) is 2.92. The molecule has 2 aromatic rings. The maximum atomic E-state index is 6.44. The number of hydrogen-bond donors (Lipinski definition) is 0. The Balaban J connectivity index is 1.78. The topological polar surface area (TPSA) is 6.48 Å². The first-order valence-electron chi connectivity index (χ1n) is 14.9. The fourth-order valence-electron chi connectivity index (χ4n) is 6.99. The van der Waals surface area contributed by atoms with Crippen molar-refractivity contribution in [2.75, 3.05) is 22.9 Å². The highest BCUT2D eigenvalue weighted by Gasteiger charge is 2.44. The van der Waals surface area contributed by atoms with E-state index in [1.165, 1.54) is 96.0 Å². The van der Waals surface area contributed by atoms with Gasteiger partial charge in [-0.15, -0.1) is 6.42 Å². The molecule has 3 aliphatic rings. The largest absolute Gasteiger partial charge is 0.342 e. The molecule has 3 aliphatic heterocycles. The van der Waals surface area contributed by atoms with Crippen LogP contribution in [0.3, 0.4) is 0 Å². The molecular weight excluding hydrogens is 447 g/mol. The van der Waals surface area contributed by atoms with Crippen LogP contribution in [-0.2, 0) is 12.8 Å². The lowest BCUT2D eigenvalue weighted by atomic mass is 9.32. The van der Waals surface area contributed by atoms with E-state index < -0.39 is 0 Å². The van der Waals surface area contributed by atoms with Gasteiger partial charge in [0.15, 0.2) is 0 Å². The number of terminal acetylenes is 1. The van der Waals surface area contributed by atoms with E-state index in [9.17, 15) is 0 Å². The van der Waals surface area contributed by atoms with Crippen molar-refractivity contribution < 1.29 is 0 Å². The van der Waals surface area contributed by atoms with Crippen molar-refractivity contribution in [3.05, 3.63) is 70.5 Å². The Hall–Kier alpha value is -2.86. The van der Waals surface area contributed by atoms with E-state index in [0.717, 1.165) is 38.0 Å². The summed E-state index contributed by atoms with van der Waals surface area (Å²) in [5.74, 6) is 3.24. The molecule has 2 nitrogen and oxygen atoms in total. The summed E-state index contributed by atoms with van der Waals surface area (Å²) in [6, 6.07) is 14.1. The van der Waals surface area contributed by atoms with E-state index in [2.05, 4.69) is 79.0 Å². The lowest BCUT2D eigenvalue weighted by Crippen LogP contribution is -2.58. The number of fused-ring (bicyclic) bond motifs is 4. The van der Waals surface area contributed by atoms with Crippen LogP contribution in [0, 0.1) is 12.3 Å². The van der Waals surface area contributed by atoms with Crippen molar-refractivity contribution >= 4 is 29.0 Å². The molecule has 0 amide bonds. The number of benzene rings is 2. The molecule has 192 valence electrons. The van der Waals surface area contributed by atoms with Gasteiger partial charge in [-0.3, -0.25) is 0 Å². The van der Waals surface area contributed by atoms with E-state index in [4.69, 9.17) is 6.42 Å². The molecule has 0 bridgehead atoms. The first kappa shape index (κ1) is 25.8. The minimum absolute atomic E-state index is 0.195. The van der Waals surface area contributed by atoms with Gasteiger partial charge in [0.1, 0.15) is 0 Å². The van der Waals surface area contributed by atoms with Crippen molar-refractivity contribution in [2.24, 2.45) is 0 Å².